The number of nitrogens with zero attached hydrogens (tertiary/aromatic N) is 3. The summed E-state index contributed by atoms with van der Waals surface area (Å²) < 4.78 is 0. The van der Waals surface area contributed by atoms with Gasteiger partial charge in [0.25, 0.3) is 0 Å². The highest BCUT2D eigenvalue weighted by atomic mass is 127. The SMILES string of the molecule is CN=C(NCCCCCCC(C)C)NCC1CN(C)CCN1C.I. The predicted octanol–water partition coefficient (Wildman–Crippen LogP) is 2.62. The number of unbranched alkanes of at least 4 members (excludes halogenated alkanes) is 3. The van der Waals surface area contributed by atoms with E-state index in [4.69, 9.17) is 0 Å². The molecule has 144 valence electrons. The monoisotopic (exact) mass is 453 g/mol. The van der Waals surface area contributed by atoms with Crippen molar-refractivity contribution in [1.82, 2.24) is 20.4 Å². The molecule has 0 aromatic carbocycles. The predicted molar refractivity (Wildman–Crippen MR) is 117 cm³/mol. The van der Waals surface area contributed by atoms with Gasteiger partial charge in [0.05, 0.1) is 0 Å². The van der Waals surface area contributed by atoms with Crippen molar-refractivity contribution >= 4 is 29.9 Å². The van der Waals surface area contributed by atoms with Crippen LogP contribution in [0.1, 0.15) is 46.0 Å². The van der Waals surface area contributed by atoms with Crippen molar-refractivity contribution in [2.45, 2.75) is 52.0 Å². The lowest BCUT2D eigenvalue weighted by atomic mass is 10.0. The van der Waals surface area contributed by atoms with Crippen molar-refractivity contribution in [2.24, 2.45) is 10.9 Å². The molecule has 1 unspecified atom stereocenters. The zero-order valence-electron chi connectivity index (χ0n) is 16.5. The van der Waals surface area contributed by atoms with E-state index < -0.39 is 0 Å². The van der Waals surface area contributed by atoms with Crippen LogP contribution in [0, 0.1) is 5.92 Å². The molecule has 0 saturated carbocycles. The van der Waals surface area contributed by atoms with Gasteiger partial charge in [0, 0.05) is 45.8 Å². The van der Waals surface area contributed by atoms with Gasteiger partial charge in [-0.25, -0.2) is 0 Å². The lowest BCUT2D eigenvalue weighted by Crippen LogP contribution is -2.55. The highest BCUT2D eigenvalue weighted by molar-refractivity contribution is 14.0. The zero-order chi connectivity index (χ0) is 17.1. The van der Waals surface area contributed by atoms with Crippen LogP contribution in [0.25, 0.3) is 0 Å². The van der Waals surface area contributed by atoms with E-state index in [9.17, 15) is 0 Å². The largest absolute Gasteiger partial charge is 0.356 e. The summed E-state index contributed by atoms with van der Waals surface area (Å²) >= 11 is 0. The van der Waals surface area contributed by atoms with Crippen molar-refractivity contribution in [3.8, 4) is 0 Å². The Hall–Kier alpha value is -0.0800. The van der Waals surface area contributed by atoms with Crippen LogP contribution in [0.2, 0.25) is 0 Å². The van der Waals surface area contributed by atoms with Crippen LogP contribution in [0.15, 0.2) is 4.99 Å². The van der Waals surface area contributed by atoms with Crippen LogP contribution in [-0.4, -0.2) is 75.7 Å². The molecule has 1 atom stereocenters. The van der Waals surface area contributed by atoms with Crippen LogP contribution < -0.4 is 10.6 Å². The van der Waals surface area contributed by atoms with Crippen LogP contribution in [0.5, 0.6) is 0 Å². The minimum absolute atomic E-state index is 0. The molecule has 5 nitrogen and oxygen atoms in total. The maximum atomic E-state index is 4.34. The summed E-state index contributed by atoms with van der Waals surface area (Å²) in [6.07, 6.45) is 6.62. The number of halogens is 1. The number of aliphatic imine (C=N–C) groups is 1. The number of hydrogen-bond donors (Lipinski definition) is 2. The molecule has 6 heteroatoms. The molecule has 1 aliphatic rings. The van der Waals surface area contributed by atoms with Crippen LogP contribution in [0.3, 0.4) is 0 Å². The summed E-state index contributed by atoms with van der Waals surface area (Å²) in [7, 11) is 6.27. The second-order valence-electron chi connectivity index (χ2n) is 7.37. The molecule has 24 heavy (non-hydrogen) atoms. The molecule has 0 aromatic rings. The summed E-state index contributed by atoms with van der Waals surface area (Å²) in [6, 6.07) is 0.559. The molecular formula is C18H40IN5. The molecule has 1 saturated heterocycles. The van der Waals surface area contributed by atoms with Crippen molar-refractivity contribution in [3.05, 3.63) is 0 Å². The van der Waals surface area contributed by atoms with Crippen LogP contribution in [-0.2, 0) is 0 Å². The maximum Gasteiger partial charge on any atom is 0.191 e. The second-order valence-corrected chi connectivity index (χ2v) is 7.37. The molecule has 0 bridgehead atoms. The van der Waals surface area contributed by atoms with Crippen LogP contribution >= 0.6 is 24.0 Å². The van der Waals surface area contributed by atoms with Gasteiger partial charge in [-0.05, 0) is 26.4 Å². The molecular weight excluding hydrogens is 413 g/mol. The summed E-state index contributed by atoms with van der Waals surface area (Å²) in [5.41, 5.74) is 0. The van der Waals surface area contributed by atoms with E-state index in [1.807, 2.05) is 7.05 Å². The quantitative estimate of drug-likeness (QED) is 0.244. The van der Waals surface area contributed by atoms with E-state index in [1.165, 1.54) is 32.1 Å². The number of likely N-dealkylation sites (N-methyl/N-ethyl adjacent to an activating group) is 2. The molecule has 0 aliphatic carbocycles. The number of guanidine groups is 1. The Morgan fingerprint density at radius 2 is 1.79 bits per heavy atom. The highest BCUT2D eigenvalue weighted by Gasteiger charge is 2.21. The van der Waals surface area contributed by atoms with E-state index in [2.05, 4.69) is 53.4 Å². The van der Waals surface area contributed by atoms with Gasteiger partial charge in [-0.3, -0.25) is 9.89 Å². The topological polar surface area (TPSA) is 42.9 Å². The van der Waals surface area contributed by atoms with Gasteiger partial charge in [0.1, 0.15) is 0 Å². The first-order valence-electron chi connectivity index (χ1n) is 9.36. The fourth-order valence-electron chi connectivity index (χ4n) is 2.99. The van der Waals surface area contributed by atoms with Gasteiger partial charge in [0.2, 0.25) is 0 Å². The smallest absolute Gasteiger partial charge is 0.191 e. The number of nitrogens with one attached hydrogen (secondary N) is 2. The van der Waals surface area contributed by atoms with E-state index in [0.29, 0.717) is 6.04 Å². The normalized spacial score (nSPS) is 20.1. The molecule has 1 fully saturated rings. The summed E-state index contributed by atoms with van der Waals surface area (Å²) in [6.45, 7) is 10.0. The van der Waals surface area contributed by atoms with Gasteiger partial charge < -0.3 is 15.5 Å². The van der Waals surface area contributed by atoms with Crippen molar-refractivity contribution in [3.63, 3.8) is 0 Å². The Morgan fingerprint density at radius 3 is 2.46 bits per heavy atom. The average Bonchev–Trinajstić information content (AvgIpc) is 2.52. The van der Waals surface area contributed by atoms with Gasteiger partial charge in [0.15, 0.2) is 5.96 Å². The standard InChI is InChI=1S/C18H39N5.HI/c1-16(2)10-8-6-7-9-11-20-18(19-3)21-14-17-15-22(4)12-13-23(17)5;/h16-17H,6-15H2,1-5H3,(H2,19,20,21);1H. The minimum Gasteiger partial charge on any atom is -0.356 e. The van der Waals surface area contributed by atoms with E-state index in [-0.39, 0.29) is 24.0 Å². The maximum absolute atomic E-state index is 4.34. The molecule has 1 aliphatic heterocycles. The summed E-state index contributed by atoms with van der Waals surface area (Å²) in [5.74, 6) is 1.78. The minimum atomic E-state index is 0. The first-order chi connectivity index (χ1) is 11.0. The molecule has 1 heterocycles. The molecule has 1 rings (SSSR count). The fraction of sp³-hybridized carbons (Fsp3) is 0.944. The number of piperazine rings is 1. The summed E-state index contributed by atoms with van der Waals surface area (Å²) in [5, 5.41) is 6.92. The highest BCUT2D eigenvalue weighted by Crippen LogP contribution is 2.09. The van der Waals surface area contributed by atoms with Crippen molar-refractivity contribution in [2.75, 3.05) is 53.9 Å². The first-order valence-corrected chi connectivity index (χ1v) is 9.36. The summed E-state index contributed by atoms with van der Waals surface area (Å²) in [4.78, 5) is 9.18. The Labute approximate surface area is 167 Å². The third kappa shape index (κ3) is 10.7. The number of rotatable bonds is 9. The molecule has 0 aromatic heterocycles. The molecule has 0 radical (unpaired) electrons. The Bertz CT molecular complexity index is 335. The van der Waals surface area contributed by atoms with Crippen LogP contribution in [0.4, 0.5) is 0 Å². The van der Waals surface area contributed by atoms with Gasteiger partial charge in [-0.1, -0.05) is 39.5 Å². The second kappa shape index (κ2) is 14.1. The van der Waals surface area contributed by atoms with E-state index in [1.54, 1.807) is 0 Å². The van der Waals surface area contributed by atoms with Crippen molar-refractivity contribution < 1.29 is 0 Å². The lowest BCUT2D eigenvalue weighted by molar-refractivity contribution is 0.116. The van der Waals surface area contributed by atoms with E-state index >= 15 is 0 Å². The first kappa shape index (κ1) is 23.9. The van der Waals surface area contributed by atoms with Gasteiger partial charge >= 0.3 is 0 Å². The lowest BCUT2D eigenvalue weighted by Gasteiger charge is -2.37. The third-order valence-electron chi connectivity index (χ3n) is 4.71. The van der Waals surface area contributed by atoms with Crippen molar-refractivity contribution in [1.29, 1.82) is 0 Å². The van der Waals surface area contributed by atoms with Gasteiger partial charge in [-0.2, -0.15) is 0 Å². The fourth-order valence-corrected chi connectivity index (χ4v) is 2.99. The van der Waals surface area contributed by atoms with E-state index in [0.717, 1.165) is 44.6 Å². The average molecular weight is 453 g/mol. The number of hydrogen-bond acceptors (Lipinski definition) is 3. The van der Waals surface area contributed by atoms with Gasteiger partial charge in [-0.15, -0.1) is 24.0 Å². The Morgan fingerprint density at radius 1 is 1.08 bits per heavy atom. The zero-order valence-corrected chi connectivity index (χ0v) is 18.8. The third-order valence-corrected chi connectivity index (χ3v) is 4.71. The molecule has 0 amide bonds. The Kier molecular flexibility index (Phi) is 14.1. The molecule has 2 N–H and O–H groups in total. The Balaban J connectivity index is 0.00000529. The molecule has 0 spiro atoms.